The molecule has 0 spiro atoms. The zero-order valence-corrected chi connectivity index (χ0v) is 29.3. The standard InChI is InChI=1S/C36H31ClF2N6O5S/c1-36(2,47)14-13-23-9-10-24(25-11-12-27(37)32-34(25)45(3)42-35(32)44-51(4,48)49)33(40-23)29(17-20-15-21(38)18-22(39)16-20)41-31(46)19-28-26-7-5-6-8-30(26)50-43-28/h5-12,15-16,18,29,47H,17,19H2,1-4H3,(H,41,46)(H,42,44). The first-order valence-electron chi connectivity index (χ1n) is 15.5. The van der Waals surface area contributed by atoms with Crippen LogP contribution >= 0.6 is 11.6 Å². The van der Waals surface area contributed by atoms with Gasteiger partial charge in [0.05, 0.1) is 40.3 Å². The number of nitrogens with zero attached hydrogens (tertiary/aromatic N) is 4. The number of aromatic nitrogens is 4. The molecule has 3 aromatic heterocycles. The van der Waals surface area contributed by atoms with E-state index >= 15 is 0 Å². The molecule has 0 aliphatic carbocycles. The van der Waals surface area contributed by atoms with Crippen molar-refractivity contribution in [3.63, 3.8) is 0 Å². The Morgan fingerprint density at radius 2 is 1.78 bits per heavy atom. The predicted molar refractivity (Wildman–Crippen MR) is 189 cm³/mol. The zero-order chi connectivity index (χ0) is 36.7. The summed E-state index contributed by atoms with van der Waals surface area (Å²) in [5.74, 6) is 3.49. The molecule has 1 atom stereocenters. The molecule has 0 radical (unpaired) electrons. The minimum atomic E-state index is -3.74. The van der Waals surface area contributed by atoms with Crippen molar-refractivity contribution in [3.8, 4) is 23.0 Å². The maximum atomic E-state index is 14.5. The molecule has 11 nitrogen and oxygen atoms in total. The lowest BCUT2D eigenvalue weighted by atomic mass is 9.93. The second-order valence-corrected chi connectivity index (χ2v) is 14.7. The summed E-state index contributed by atoms with van der Waals surface area (Å²) in [6.07, 6.45) is 0.697. The molecule has 0 saturated carbocycles. The topological polar surface area (TPSA) is 152 Å². The van der Waals surface area contributed by atoms with Gasteiger partial charge in [0.25, 0.3) is 0 Å². The second kappa shape index (κ2) is 13.7. The van der Waals surface area contributed by atoms with Crippen LogP contribution in [-0.4, -0.2) is 51.2 Å². The average molecular weight is 733 g/mol. The van der Waals surface area contributed by atoms with Gasteiger partial charge >= 0.3 is 0 Å². The van der Waals surface area contributed by atoms with Crippen molar-refractivity contribution in [1.29, 1.82) is 0 Å². The van der Waals surface area contributed by atoms with E-state index in [0.29, 0.717) is 38.7 Å². The van der Waals surface area contributed by atoms with Gasteiger partial charge < -0.3 is 14.9 Å². The number of pyridine rings is 1. The number of fused-ring (bicyclic) bond motifs is 2. The van der Waals surface area contributed by atoms with Gasteiger partial charge in [-0.3, -0.25) is 14.2 Å². The lowest BCUT2D eigenvalue weighted by Crippen LogP contribution is -2.32. The van der Waals surface area contributed by atoms with Crippen molar-refractivity contribution >= 4 is 55.2 Å². The molecule has 6 aromatic rings. The summed E-state index contributed by atoms with van der Waals surface area (Å²) in [5, 5.41) is 22.9. The molecular formula is C36H31ClF2N6O5S. The monoisotopic (exact) mass is 732 g/mol. The minimum absolute atomic E-state index is 0.00366. The third-order valence-electron chi connectivity index (χ3n) is 7.74. The molecule has 0 fully saturated rings. The van der Waals surface area contributed by atoms with E-state index in [4.69, 9.17) is 21.1 Å². The lowest BCUT2D eigenvalue weighted by Gasteiger charge is -2.22. The van der Waals surface area contributed by atoms with Gasteiger partial charge in [-0.2, -0.15) is 5.10 Å². The summed E-state index contributed by atoms with van der Waals surface area (Å²) >= 11 is 6.60. The lowest BCUT2D eigenvalue weighted by molar-refractivity contribution is -0.121. The molecule has 3 N–H and O–H groups in total. The van der Waals surface area contributed by atoms with E-state index < -0.39 is 39.2 Å². The summed E-state index contributed by atoms with van der Waals surface area (Å²) in [6.45, 7) is 3.03. The predicted octanol–water partition coefficient (Wildman–Crippen LogP) is 5.84. The Morgan fingerprint density at radius 1 is 1.08 bits per heavy atom. The van der Waals surface area contributed by atoms with Crippen LogP contribution in [0.2, 0.25) is 5.02 Å². The molecule has 15 heteroatoms. The average Bonchev–Trinajstić information content (AvgIpc) is 3.58. The van der Waals surface area contributed by atoms with E-state index in [9.17, 15) is 27.1 Å². The number of anilines is 1. The van der Waals surface area contributed by atoms with Crippen LogP contribution in [0.1, 0.15) is 42.5 Å². The molecule has 3 heterocycles. The summed E-state index contributed by atoms with van der Waals surface area (Å²) in [5.41, 5.74) is 1.64. The SMILES string of the molecule is Cn1nc(NS(C)(=O)=O)c2c(Cl)ccc(-c3ccc(C#CC(C)(C)O)nc3C(Cc3cc(F)cc(F)c3)NC(=O)Cc3noc4ccccc34)c21. The van der Waals surface area contributed by atoms with E-state index in [2.05, 4.69) is 32.1 Å². The van der Waals surface area contributed by atoms with Crippen LogP contribution in [0, 0.1) is 23.5 Å². The first-order valence-corrected chi connectivity index (χ1v) is 17.8. The van der Waals surface area contributed by atoms with Crippen LogP contribution in [0.4, 0.5) is 14.6 Å². The number of hydrogen-bond donors (Lipinski definition) is 3. The van der Waals surface area contributed by atoms with Gasteiger partial charge in [-0.05, 0) is 74.2 Å². The number of aryl methyl sites for hydroxylation is 1. The number of halogens is 3. The van der Waals surface area contributed by atoms with Crippen LogP contribution < -0.4 is 10.0 Å². The van der Waals surface area contributed by atoms with Gasteiger partial charge in [-0.25, -0.2) is 22.2 Å². The molecule has 0 aliphatic heterocycles. The highest BCUT2D eigenvalue weighted by atomic mass is 35.5. The molecular weight excluding hydrogens is 702 g/mol. The Labute approximate surface area is 296 Å². The van der Waals surface area contributed by atoms with Crippen molar-refractivity contribution in [2.24, 2.45) is 7.05 Å². The number of amides is 1. The summed E-state index contributed by atoms with van der Waals surface area (Å²) in [4.78, 5) is 18.6. The van der Waals surface area contributed by atoms with Gasteiger partial charge in [0.2, 0.25) is 15.9 Å². The first-order chi connectivity index (χ1) is 24.0. The van der Waals surface area contributed by atoms with Crippen molar-refractivity contribution < 1.29 is 31.6 Å². The number of para-hydroxylation sites is 1. The number of carbonyl (C=O) groups excluding carboxylic acids is 1. The number of benzene rings is 3. The summed E-state index contributed by atoms with van der Waals surface area (Å²) < 4.78 is 62.6. The Morgan fingerprint density at radius 3 is 2.49 bits per heavy atom. The Bertz CT molecular complexity index is 2480. The van der Waals surface area contributed by atoms with E-state index in [-0.39, 0.29) is 40.6 Å². The molecule has 3 aromatic carbocycles. The second-order valence-electron chi connectivity index (χ2n) is 12.5. The first kappa shape index (κ1) is 35.5. The molecule has 0 aliphatic rings. The fourth-order valence-electron chi connectivity index (χ4n) is 5.74. The highest BCUT2D eigenvalue weighted by Gasteiger charge is 2.26. The molecule has 262 valence electrons. The normalized spacial score (nSPS) is 12.5. The fourth-order valence-corrected chi connectivity index (χ4v) is 6.48. The van der Waals surface area contributed by atoms with Crippen LogP contribution in [0.5, 0.6) is 0 Å². The number of rotatable bonds is 9. The molecule has 0 bridgehead atoms. The number of aliphatic hydroxyl groups is 1. The Hall–Kier alpha value is -5.36. The number of sulfonamides is 1. The van der Waals surface area contributed by atoms with E-state index in [1.165, 1.54) is 18.5 Å². The molecule has 6 rings (SSSR count). The van der Waals surface area contributed by atoms with Crippen molar-refractivity contribution in [2.75, 3.05) is 11.0 Å². The third kappa shape index (κ3) is 8.18. The smallest absolute Gasteiger partial charge is 0.231 e. The van der Waals surface area contributed by atoms with Crippen LogP contribution in [0.15, 0.2) is 71.3 Å². The molecule has 0 saturated heterocycles. The maximum Gasteiger partial charge on any atom is 0.231 e. The van der Waals surface area contributed by atoms with Crippen LogP contribution in [0.25, 0.3) is 33.0 Å². The van der Waals surface area contributed by atoms with Crippen LogP contribution in [0.3, 0.4) is 0 Å². The van der Waals surface area contributed by atoms with Gasteiger partial charge in [0, 0.05) is 29.6 Å². The minimum Gasteiger partial charge on any atom is -0.378 e. The zero-order valence-electron chi connectivity index (χ0n) is 27.8. The molecule has 1 amide bonds. The van der Waals surface area contributed by atoms with E-state index in [1.807, 2.05) is 0 Å². The summed E-state index contributed by atoms with van der Waals surface area (Å²) in [7, 11) is -2.12. The van der Waals surface area contributed by atoms with Crippen LogP contribution in [-0.2, 0) is 34.7 Å². The quantitative estimate of drug-likeness (QED) is 0.157. The van der Waals surface area contributed by atoms with Crippen molar-refractivity contribution in [1.82, 2.24) is 25.2 Å². The Kier molecular flexibility index (Phi) is 9.56. The van der Waals surface area contributed by atoms with E-state index in [0.717, 1.165) is 24.5 Å². The number of hydrogen-bond acceptors (Lipinski definition) is 8. The van der Waals surface area contributed by atoms with Crippen molar-refractivity contribution in [2.45, 2.75) is 38.3 Å². The van der Waals surface area contributed by atoms with Gasteiger partial charge in [-0.1, -0.05) is 40.9 Å². The fraction of sp³-hybridized carbons (Fsp3) is 0.222. The van der Waals surface area contributed by atoms with Crippen molar-refractivity contribution in [3.05, 3.63) is 106 Å². The highest BCUT2D eigenvalue weighted by molar-refractivity contribution is 7.92. The van der Waals surface area contributed by atoms with Gasteiger partial charge in [0.15, 0.2) is 11.4 Å². The third-order valence-corrected chi connectivity index (χ3v) is 8.62. The van der Waals surface area contributed by atoms with E-state index in [1.54, 1.807) is 55.6 Å². The highest BCUT2D eigenvalue weighted by Crippen LogP contribution is 2.40. The Balaban J connectivity index is 1.54. The molecule has 51 heavy (non-hydrogen) atoms. The van der Waals surface area contributed by atoms with Gasteiger partial charge in [0.1, 0.15) is 28.6 Å². The number of carbonyl (C=O) groups is 1. The largest absolute Gasteiger partial charge is 0.378 e. The number of nitrogens with one attached hydrogen (secondary N) is 2. The van der Waals surface area contributed by atoms with Gasteiger partial charge in [-0.15, -0.1) is 0 Å². The maximum absolute atomic E-state index is 14.5. The molecule has 1 unspecified atom stereocenters. The summed E-state index contributed by atoms with van der Waals surface area (Å²) in [6, 6.07) is 15.7.